The highest BCUT2D eigenvalue weighted by molar-refractivity contribution is 6.06. The van der Waals surface area contributed by atoms with Gasteiger partial charge in [0.1, 0.15) is 0 Å². The van der Waals surface area contributed by atoms with Crippen LogP contribution in [0.2, 0.25) is 0 Å². The summed E-state index contributed by atoms with van der Waals surface area (Å²) in [7, 11) is 0. The van der Waals surface area contributed by atoms with Gasteiger partial charge in [-0.15, -0.1) is 0 Å². The van der Waals surface area contributed by atoms with Crippen molar-refractivity contribution in [3.63, 3.8) is 0 Å². The van der Waals surface area contributed by atoms with Gasteiger partial charge in [0.15, 0.2) is 5.82 Å². The molecule has 2 nitrogen and oxygen atoms in total. The second kappa shape index (κ2) is 13.2. The molecule has 0 fully saturated rings. The number of nitrogens with zero attached hydrogens (tertiary/aromatic N) is 2. The van der Waals surface area contributed by atoms with E-state index in [0.717, 1.165) is 39.2 Å². The first kappa shape index (κ1) is 33.5. The number of benzene rings is 9. The highest BCUT2D eigenvalue weighted by Crippen LogP contribution is 2.64. The maximum atomic E-state index is 5.43. The molecule has 1 aromatic heterocycles. The third-order valence-electron chi connectivity index (χ3n) is 12.5. The molecule has 1 spiro atoms. The average Bonchev–Trinajstić information content (AvgIpc) is 3.79. The first-order valence-corrected chi connectivity index (χ1v) is 20.3. The van der Waals surface area contributed by atoms with Crippen molar-refractivity contribution in [3.8, 4) is 78.4 Å². The van der Waals surface area contributed by atoms with Crippen LogP contribution in [0.15, 0.2) is 218 Å². The number of hydrogen-bond acceptors (Lipinski definition) is 2. The summed E-state index contributed by atoms with van der Waals surface area (Å²) in [5, 5.41) is 2.55. The third-order valence-corrected chi connectivity index (χ3v) is 12.5. The van der Waals surface area contributed by atoms with Crippen molar-refractivity contribution in [2.45, 2.75) is 5.41 Å². The van der Waals surface area contributed by atoms with E-state index in [2.05, 4.69) is 218 Å². The predicted octanol–water partition coefficient (Wildman–Crippen LogP) is 14.3. The molecule has 12 rings (SSSR count). The molecule has 10 aromatic rings. The molecule has 1 unspecified atom stereocenters. The quantitative estimate of drug-likeness (QED) is 0.175. The molecule has 2 aliphatic rings. The molecule has 1 atom stereocenters. The zero-order valence-corrected chi connectivity index (χ0v) is 32.2. The summed E-state index contributed by atoms with van der Waals surface area (Å²) in [6, 6.07) is 79.1. The van der Waals surface area contributed by atoms with Crippen LogP contribution in [0.1, 0.15) is 22.3 Å². The van der Waals surface area contributed by atoms with Crippen LogP contribution in [0.5, 0.6) is 0 Å². The van der Waals surface area contributed by atoms with Gasteiger partial charge in [0, 0.05) is 16.7 Å². The molecule has 0 bridgehead atoms. The molecule has 0 saturated carbocycles. The number of aromatic nitrogens is 2. The van der Waals surface area contributed by atoms with Crippen molar-refractivity contribution in [1.82, 2.24) is 9.97 Å². The Morgan fingerprint density at radius 3 is 1.49 bits per heavy atom. The topological polar surface area (TPSA) is 25.8 Å². The molecular formula is C57H36N2. The van der Waals surface area contributed by atoms with E-state index >= 15 is 0 Å². The van der Waals surface area contributed by atoms with Crippen molar-refractivity contribution in [1.29, 1.82) is 0 Å². The van der Waals surface area contributed by atoms with E-state index in [-0.39, 0.29) is 0 Å². The molecule has 59 heavy (non-hydrogen) atoms. The SMILES string of the molecule is c1ccc(-c2cc(-c3ccccc3)cc(-c3cc(-c4ccccc4)nc(-c4ccc5c(c4)-c4ccccc4C54c5ccccc5-c5c4ccc4ccccc54)n3)c2)cc1. The van der Waals surface area contributed by atoms with Crippen LogP contribution in [0.25, 0.3) is 89.2 Å². The van der Waals surface area contributed by atoms with Crippen molar-refractivity contribution in [3.05, 3.63) is 241 Å². The predicted molar refractivity (Wildman–Crippen MR) is 243 cm³/mol. The zero-order valence-electron chi connectivity index (χ0n) is 32.2. The highest BCUT2D eigenvalue weighted by atomic mass is 14.9. The number of rotatable bonds is 5. The first-order chi connectivity index (χ1) is 29.2. The van der Waals surface area contributed by atoms with Gasteiger partial charge < -0.3 is 0 Å². The summed E-state index contributed by atoms with van der Waals surface area (Å²) in [6.07, 6.45) is 0. The smallest absolute Gasteiger partial charge is 0.160 e. The van der Waals surface area contributed by atoms with Gasteiger partial charge in [-0.25, -0.2) is 9.97 Å². The Morgan fingerprint density at radius 2 is 0.797 bits per heavy atom. The maximum Gasteiger partial charge on any atom is 0.160 e. The number of fused-ring (bicyclic) bond motifs is 12. The largest absolute Gasteiger partial charge is 0.228 e. The van der Waals surface area contributed by atoms with Crippen LogP contribution in [0.4, 0.5) is 0 Å². The van der Waals surface area contributed by atoms with Crippen LogP contribution in [-0.4, -0.2) is 9.97 Å². The van der Waals surface area contributed by atoms with Crippen molar-refractivity contribution in [2.24, 2.45) is 0 Å². The fourth-order valence-electron chi connectivity index (χ4n) is 9.90. The summed E-state index contributed by atoms with van der Waals surface area (Å²) in [5.41, 5.74) is 19.4. The second-order valence-corrected chi connectivity index (χ2v) is 15.7. The van der Waals surface area contributed by atoms with Crippen LogP contribution >= 0.6 is 0 Å². The van der Waals surface area contributed by atoms with Crippen LogP contribution < -0.4 is 0 Å². The number of hydrogen-bond donors (Lipinski definition) is 0. The molecule has 0 saturated heterocycles. The van der Waals surface area contributed by atoms with Gasteiger partial charge in [-0.3, -0.25) is 0 Å². The van der Waals surface area contributed by atoms with Gasteiger partial charge in [0.05, 0.1) is 16.8 Å². The minimum atomic E-state index is -0.440. The normalized spacial score (nSPS) is 14.5. The summed E-state index contributed by atoms with van der Waals surface area (Å²) in [4.78, 5) is 10.8. The second-order valence-electron chi connectivity index (χ2n) is 15.7. The molecule has 0 aliphatic heterocycles. The van der Waals surface area contributed by atoms with Gasteiger partial charge in [0.25, 0.3) is 0 Å². The van der Waals surface area contributed by atoms with Crippen molar-refractivity contribution < 1.29 is 0 Å². The fraction of sp³-hybridized carbons (Fsp3) is 0.0175. The summed E-state index contributed by atoms with van der Waals surface area (Å²) in [6.45, 7) is 0. The minimum absolute atomic E-state index is 0.440. The Hall–Kier alpha value is -7.68. The first-order valence-electron chi connectivity index (χ1n) is 20.3. The Balaban J connectivity index is 1.08. The Labute approximate surface area is 343 Å². The lowest BCUT2D eigenvalue weighted by Crippen LogP contribution is -2.25. The lowest BCUT2D eigenvalue weighted by Gasteiger charge is -2.30. The molecule has 9 aromatic carbocycles. The van der Waals surface area contributed by atoms with Crippen molar-refractivity contribution >= 4 is 10.8 Å². The van der Waals surface area contributed by atoms with Gasteiger partial charge in [0.2, 0.25) is 0 Å². The molecule has 0 amide bonds. The molecule has 1 heterocycles. The average molecular weight is 749 g/mol. The van der Waals surface area contributed by atoms with E-state index < -0.39 is 5.41 Å². The monoisotopic (exact) mass is 748 g/mol. The zero-order chi connectivity index (χ0) is 38.9. The van der Waals surface area contributed by atoms with Gasteiger partial charge in [-0.05, 0) is 108 Å². The van der Waals surface area contributed by atoms with E-state index in [1.165, 1.54) is 66.4 Å². The Kier molecular flexibility index (Phi) is 7.48. The molecule has 0 N–H and O–H groups in total. The van der Waals surface area contributed by atoms with Crippen LogP contribution in [0, 0.1) is 0 Å². The summed E-state index contributed by atoms with van der Waals surface area (Å²) < 4.78 is 0. The molecule has 0 radical (unpaired) electrons. The Bertz CT molecular complexity index is 3200. The van der Waals surface area contributed by atoms with Gasteiger partial charge in [-0.2, -0.15) is 0 Å². The van der Waals surface area contributed by atoms with Crippen LogP contribution in [-0.2, 0) is 5.41 Å². The van der Waals surface area contributed by atoms with Crippen LogP contribution in [0.3, 0.4) is 0 Å². The lowest BCUT2D eigenvalue weighted by molar-refractivity contribution is 0.794. The molecule has 274 valence electrons. The standard InChI is InChI=1S/C57H36N2/c1-4-16-37(17-5-1)42-32-43(38-18-6-2-7-19-38)34-44(33-42)54-36-53(40-21-8-3-9-22-40)58-56(59-54)41-29-30-51-48(35-41)46-24-12-14-26-49(46)57(51)50-27-15-13-25-47(50)55-45-23-11-10-20-39(45)28-31-52(55)57/h1-36H. The van der Waals surface area contributed by atoms with E-state index in [0.29, 0.717) is 5.82 Å². The molecule has 2 heteroatoms. The van der Waals surface area contributed by atoms with E-state index in [9.17, 15) is 0 Å². The summed E-state index contributed by atoms with van der Waals surface area (Å²) in [5.74, 6) is 0.701. The molecule has 2 aliphatic carbocycles. The van der Waals surface area contributed by atoms with Crippen molar-refractivity contribution in [2.75, 3.05) is 0 Å². The minimum Gasteiger partial charge on any atom is -0.228 e. The van der Waals surface area contributed by atoms with E-state index in [1.54, 1.807) is 0 Å². The molecular weight excluding hydrogens is 713 g/mol. The fourth-order valence-corrected chi connectivity index (χ4v) is 9.90. The van der Waals surface area contributed by atoms with E-state index in [1.807, 2.05) is 0 Å². The maximum absolute atomic E-state index is 5.43. The highest BCUT2D eigenvalue weighted by Gasteiger charge is 2.52. The summed E-state index contributed by atoms with van der Waals surface area (Å²) >= 11 is 0. The Morgan fingerprint density at radius 1 is 0.288 bits per heavy atom. The third kappa shape index (κ3) is 5.13. The van der Waals surface area contributed by atoms with Gasteiger partial charge in [-0.1, -0.05) is 188 Å². The van der Waals surface area contributed by atoms with E-state index in [4.69, 9.17) is 9.97 Å². The lowest BCUT2D eigenvalue weighted by atomic mass is 9.70. The van der Waals surface area contributed by atoms with Gasteiger partial charge >= 0.3 is 0 Å².